The molecule has 1 atom stereocenters. The second-order valence-corrected chi connectivity index (χ2v) is 17.2. The van der Waals surface area contributed by atoms with Crippen LogP contribution in [0.5, 0.6) is 11.5 Å². The van der Waals surface area contributed by atoms with Crippen LogP contribution >= 0.6 is 0 Å². The van der Waals surface area contributed by atoms with Gasteiger partial charge in [-0.05, 0) is 92.4 Å². The minimum absolute atomic E-state index is 0.203. The van der Waals surface area contributed by atoms with Crippen molar-refractivity contribution in [3.8, 4) is 22.6 Å². The van der Waals surface area contributed by atoms with E-state index >= 15 is 0 Å². The van der Waals surface area contributed by atoms with Crippen LogP contribution in [0.1, 0.15) is 49.9 Å². The molecule has 2 aliphatic heterocycles. The van der Waals surface area contributed by atoms with E-state index in [1.165, 1.54) is 76.3 Å². The van der Waals surface area contributed by atoms with Crippen LogP contribution in [0.2, 0.25) is 0 Å². The van der Waals surface area contributed by atoms with Gasteiger partial charge in [-0.15, -0.1) is 0 Å². The molecule has 0 saturated carbocycles. The van der Waals surface area contributed by atoms with Crippen molar-refractivity contribution in [1.29, 1.82) is 0 Å². The minimum atomic E-state index is -0.857. The largest absolute Gasteiger partial charge is 0.457 e. The van der Waals surface area contributed by atoms with Crippen molar-refractivity contribution in [1.82, 2.24) is 8.80 Å². The van der Waals surface area contributed by atoms with Crippen LogP contribution in [-0.4, -0.2) is 20.6 Å². The fraction of sp³-hybridized carbons (Fsp3) is 0.137. The van der Waals surface area contributed by atoms with Crippen molar-refractivity contribution in [3.63, 3.8) is 0 Å². The lowest BCUT2D eigenvalue weighted by molar-refractivity contribution is -0.129. The molecule has 3 aliphatic rings. The SMILES string of the molecule is CC1(C)C(=O)N(c2ccc3c(c2)Oc2ccccc2C32c3ccccc3-c3cc4c(cc32)c2ccc3c5ccccc5n5c6ccccc6n4c2c35)C(=O)C1(C)C. The molecule has 6 heteroatoms. The first-order chi connectivity index (χ1) is 27.6. The Morgan fingerprint density at radius 1 is 0.439 bits per heavy atom. The van der Waals surface area contributed by atoms with E-state index < -0.39 is 16.2 Å². The molecule has 6 nitrogen and oxygen atoms in total. The van der Waals surface area contributed by atoms with Crippen LogP contribution in [0.25, 0.3) is 65.8 Å². The van der Waals surface area contributed by atoms with Gasteiger partial charge >= 0.3 is 0 Å². The maximum atomic E-state index is 13.9. The van der Waals surface area contributed by atoms with Crippen molar-refractivity contribution < 1.29 is 14.3 Å². The molecule has 1 spiro atoms. The number of carbonyl (C=O) groups is 2. The molecule has 2 amide bonds. The lowest BCUT2D eigenvalue weighted by Gasteiger charge is -2.39. The third kappa shape index (κ3) is 3.35. The Balaban J connectivity index is 1.15. The number of benzene rings is 7. The fourth-order valence-electron chi connectivity index (χ4n) is 10.8. The Bertz CT molecular complexity index is 3480. The highest BCUT2D eigenvalue weighted by Crippen LogP contribution is 2.63. The zero-order valence-corrected chi connectivity index (χ0v) is 31.8. The first kappa shape index (κ1) is 31.3. The highest BCUT2D eigenvalue weighted by atomic mass is 16.5. The number of nitrogens with zero attached hydrogens (tertiary/aromatic N) is 3. The minimum Gasteiger partial charge on any atom is -0.457 e. The maximum absolute atomic E-state index is 13.9. The number of rotatable bonds is 1. The molecule has 1 aliphatic carbocycles. The highest BCUT2D eigenvalue weighted by Gasteiger charge is 2.60. The Morgan fingerprint density at radius 3 is 1.75 bits per heavy atom. The van der Waals surface area contributed by atoms with E-state index in [1.54, 1.807) is 0 Å². The second-order valence-electron chi connectivity index (χ2n) is 17.2. The lowest BCUT2D eigenvalue weighted by atomic mass is 9.66. The molecule has 1 fully saturated rings. The summed E-state index contributed by atoms with van der Waals surface area (Å²) in [4.78, 5) is 29.2. The average molecular weight is 738 g/mol. The van der Waals surface area contributed by atoms with Gasteiger partial charge in [0, 0.05) is 38.7 Å². The van der Waals surface area contributed by atoms with Crippen molar-refractivity contribution in [2.45, 2.75) is 33.1 Å². The van der Waals surface area contributed by atoms with Crippen LogP contribution in [-0.2, 0) is 15.0 Å². The molecule has 3 aromatic heterocycles. The van der Waals surface area contributed by atoms with Gasteiger partial charge in [-0.3, -0.25) is 9.59 Å². The number of aromatic nitrogens is 2. The number of amides is 2. The van der Waals surface area contributed by atoms with Gasteiger partial charge in [0.2, 0.25) is 11.8 Å². The topological polar surface area (TPSA) is 55.4 Å². The number of hydrogen-bond acceptors (Lipinski definition) is 3. The molecule has 7 aromatic carbocycles. The van der Waals surface area contributed by atoms with Crippen LogP contribution in [0.3, 0.4) is 0 Å². The average Bonchev–Trinajstić information content (AvgIpc) is 3.87. The Hall–Kier alpha value is -6.92. The predicted octanol–water partition coefficient (Wildman–Crippen LogP) is 11.6. The molecule has 0 bridgehead atoms. The fourth-order valence-corrected chi connectivity index (χ4v) is 10.8. The monoisotopic (exact) mass is 737 g/mol. The molecule has 1 unspecified atom stereocenters. The van der Waals surface area contributed by atoms with Gasteiger partial charge in [-0.25, -0.2) is 4.90 Å². The van der Waals surface area contributed by atoms with Crippen LogP contribution < -0.4 is 9.64 Å². The third-order valence-electron chi connectivity index (χ3n) is 14.3. The van der Waals surface area contributed by atoms with Crippen LogP contribution in [0.15, 0.2) is 140 Å². The van der Waals surface area contributed by atoms with Gasteiger partial charge in [0.1, 0.15) is 11.5 Å². The van der Waals surface area contributed by atoms with E-state index in [0.717, 1.165) is 22.4 Å². The van der Waals surface area contributed by atoms with Gasteiger partial charge in [-0.2, -0.15) is 0 Å². The van der Waals surface area contributed by atoms with E-state index in [2.05, 4.69) is 124 Å². The van der Waals surface area contributed by atoms with Crippen molar-refractivity contribution in [2.75, 3.05) is 4.90 Å². The molecule has 1 saturated heterocycles. The predicted molar refractivity (Wildman–Crippen MR) is 227 cm³/mol. The molecule has 0 radical (unpaired) electrons. The van der Waals surface area contributed by atoms with Crippen LogP contribution in [0, 0.1) is 10.8 Å². The van der Waals surface area contributed by atoms with Gasteiger partial charge in [0.25, 0.3) is 0 Å². The molecular formula is C51H35N3O3. The van der Waals surface area contributed by atoms with Gasteiger partial charge < -0.3 is 13.5 Å². The number of anilines is 1. The number of imide groups is 1. The molecule has 13 rings (SSSR count). The first-order valence-electron chi connectivity index (χ1n) is 19.7. The smallest absolute Gasteiger partial charge is 0.240 e. The van der Waals surface area contributed by atoms with E-state index in [0.29, 0.717) is 11.4 Å². The van der Waals surface area contributed by atoms with Gasteiger partial charge in [0.15, 0.2) is 0 Å². The van der Waals surface area contributed by atoms with Crippen LogP contribution in [0.4, 0.5) is 5.69 Å². The summed E-state index contributed by atoms with van der Waals surface area (Å²) >= 11 is 0. The van der Waals surface area contributed by atoms with Crippen molar-refractivity contribution in [3.05, 3.63) is 162 Å². The first-order valence-corrected chi connectivity index (χ1v) is 19.7. The number of fused-ring (bicyclic) bond motifs is 18. The molecular weight excluding hydrogens is 703 g/mol. The van der Waals surface area contributed by atoms with E-state index in [4.69, 9.17) is 4.74 Å². The lowest BCUT2D eigenvalue weighted by Crippen LogP contribution is -2.35. The van der Waals surface area contributed by atoms with Crippen molar-refractivity contribution >= 4 is 72.1 Å². The van der Waals surface area contributed by atoms with E-state index in [1.807, 2.05) is 52.0 Å². The van der Waals surface area contributed by atoms with Gasteiger partial charge in [-0.1, -0.05) is 91.0 Å². The summed E-state index contributed by atoms with van der Waals surface area (Å²) < 4.78 is 11.8. The summed E-state index contributed by atoms with van der Waals surface area (Å²) in [5.74, 6) is 0.985. The zero-order valence-electron chi connectivity index (χ0n) is 31.8. The van der Waals surface area contributed by atoms with Gasteiger partial charge in [0.05, 0.1) is 55.0 Å². The normalized spacial score (nSPS) is 19.1. The molecule has 0 N–H and O–H groups in total. The molecule has 10 aromatic rings. The van der Waals surface area contributed by atoms with E-state index in [-0.39, 0.29) is 11.8 Å². The summed E-state index contributed by atoms with van der Waals surface area (Å²) in [6, 6.07) is 50.0. The number of carbonyl (C=O) groups excluding carboxylic acids is 2. The summed E-state index contributed by atoms with van der Waals surface area (Å²) in [6.07, 6.45) is 0. The highest BCUT2D eigenvalue weighted by molar-refractivity contribution is 6.26. The molecule has 57 heavy (non-hydrogen) atoms. The second kappa shape index (κ2) is 9.90. The zero-order chi connectivity index (χ0) is 38.3. The Morgan fingerprint density at radius 2 is 1.02 bits per heavy atom. The summed E-state index contributed by atoms with van der Waals surface area (Å²) in [5, 5.41) is 4.89. The Labute approximate surface area is 327 Å². The standard InChI is InChI=1S/C51H35N3O3/c1-49(2)47(55)52(48(56)50(49,3)4)28-21-24-37-44(25-28)57-43-20-12-8-16-36(43)51(37)35-15-7-5-13-29(35)33-27-42-34(26-38(33)51)32-23-22-31-30-14-6-9-17-39(30)53-40-18-10-11-19-41(40)54(42)46(32)45(31)53/h5-27H,1-4H3. The number of para-hydroxylation sites is 4. The quantitative estimate of drug-likeness (QED) is 0.124. The molecule has 5 heterocycles. The summed E-state index contributed by atoms with van der Waals surface area (Å²) in [5.41, 5.74) is 12.0. The van der Waals surface area contributed by atoms with Crippen molar-refractivity contribution in [2.24, 2.45) is 10.8 Å². The Kier molecular flexibility index (Phi) is 5.43. The number of hydrogen-bond donors (Lipinski definition) is 0. The summed E-state index contributed by atoms with van der Waals surface area (Å²) in [7, 11) is 0. The number of ether oxygens (including phenoxy) is 1. The maximum Gasteiger partial charge on any atom is 0.240 e. The third-order valence-corrected chi connectivity index (χ3v) is 14.3. The summed E-state index contributed by atoms with van der Waals surface area (Å²) in [6.45, 7) is 7.45. The molecule has 272 valence electrons. The van der Waals surface area contributed by atoms with E-state index in [9.17, 15) is 9.59 Å².